The zero-order valence-corrected chi connectivity index (χ0v) is 11.0. The number of nitrogens with one attached hydrogen (secondary N) is 1. The van der Waals surface area contributed by atoms with Crippen LogP contribution in [0.15, 0.2) is 5.16 Å². The molecule has 1 heterocycles. The van der Waals surface area contributed by atoms with Gasteiger partial charge in [-0.25, -0.2) is 0 Å². The summed E-state index contributed by atoms with van der Waals surface area (Å²) in [5.74, 6) is 1.97. The quantitative estimate of drug-likeness (QED) is 0.542. The van der Waals surface area contributed by atoms with Gasteiger partial charge in [0, 0.05) is 33.1 Å². The van der Waals surface area contributed by atoms with Crippen molar-refractivity contribution in [3.05, 3.63) is 5.82 Å². The molecule has 6 heteroatoms. The summed E-state index contributed by atoms with van der Waals surface area (Å²) in [4.78, 5) is 0. The number of aryl methyl sites for hydroxylation is 1. The molecule has 16 heavy (non-hydrogen) atoms. The fraction of sp³-hybridized carbons (Fsp3) is 0.800. The van der Waals surface area contributed by atoms with Crippen molar-refractivity contribution in [2.75, 3.05) is 32.6 Å². The molecule has 0 saturated heterocycles. The molecular weight excluding hydrogens is 224 g/mol. The van der Waals surface area contributed by atoms with Crippen LogP contribution in [0.1, 0.15) is 12.2 Å². The summed E-state index contributed by atoms with van der Waals surface area (Å²) >= 11 is 1.73. The van der Waals surface area contributed by atoms with E-state index in [0.717, 1.165) is 42.9 Å². The lowest BCUT2D eigenvalue weighted by Crippen LogP contribution is -2.19. The van der Waals surface area contributed by atoms with Gasteiger partial charge in [-0.15, -0.1) is 10.2 Å². The Kier molecular flexibility index (Phi) is 6.44. The minimum Gasteiger partial charge on any atom is -0.385 e. The van der Waals surface area contributed by atoms with Gasteiger partial charge in [0.2, 0.25) is 0 Å². The van der Waals surface area contributed by atoms with Crippen LogP contribution in [0.25, 0.3) is 0 Å². The summed E-state index contributed by atoms with van der Waals surface area (Å²) in [5.41, 5.74) is 0. The van der Waals surface area contributed by atoms with Crippen molar-refractivity contribution in [1.29, 1.82) is 0 Å². The lowest BCUT2D eigenvalue weighted by Gasteiger charge is -2.04. The maximum Gasteiger partial charge on any atom is 0.190 e. The van der Waals surface area contributed by atoms with E-state index in [2.05, 4.69) is 15.5 Å². The molecule has 0 aromatic carbocycles. The Balaban J connectivity index is 2.05. The molecule has 0 amide bonds. The Labute approximate surface area is 101 Å². The standard InChI is InChI=1S/C10H20N4OS/c1-9-12-13-10(14(9)2)16-8-6-11-5-4-7-15-3/h11H,4-8H2,1-3H3. The van der Waals surface area contributed by atoms with Crippen molar-refractivity contribution in [3.63, 3.8) is 0 Å². The maximum absolute atomic E-state index is 4.97. The average Bonchev–Trinajstić information content (AvgIpc) is 2.59. The van der Waals surface area contributed by atoms with Gasteiger partial charge in [0.25, 0.3) is 0 Å². The number of methoxy groups -OCH3 is 1. The molecule has 5 nitrogen and oxygen atoms in total. The van der Waals surface area contributed by atoms with Crippen molar-refractivity contribution >= 4 is 11.8 Å². The summed E-state index contributed by atoms with van der Waals surface area (Å²) in [5, 5.41) is 12.4. The topological polar surface area (TPSA) is 52.0 Å². The zero-order valence-electron chi connectivity index (χ0n) is 10.2. The summed E-state index contributed by atoms with van der Waals surface area (Å²) in [6.07, 6.45) is 1.06. The predicted octanol–water partition coefficient (Wildman–Crippen LogP) is 0.842. The fourth-order valence-corrected chi connectivity index (χ4v) is 2.05. The second-order valence-corrected chi connectivity index (χ2v) is 4.60. The van der Waals surface area contributed by atoms with Crippen LogP contribution in [-0.4, -0.2) is 47.3 Å². The number of nitrogens with zero attached hydrogens (tertiary/aromatic N) is 3. The van der Waals surface area contributed by atoms with Crippen molar-refractivity contribution in [2.24, 2.45) is 7.05 Å². The molecule has 92 valence electrons. The lowest BCUT2D eigenvalue weighted by molar-refractivity contribution is 0.194. The molecule has 0 atom stereocenters. The van der Waals surface area contributed by atoms with Crippen LogP contribution >= 0.6 is 11.8 Å². The molecule has 1 aromatic rings. The summed E-state index contributed by atoms with van der Waals surface area (Å²) in [6, 6.07) is 0. The Morgan fingerprint density at radius 1 is 1.38 bits per heavy atom. The van der Waals surface area contributed by atoms with E-state index in [9.17, 15) is 0 Å². The third-order valence-electron chi connectivity index (χ3n) is 2.26. The number of aromatic nitrogens is 3. The van der Waals surface area contributed by atoms with Gasteiger partial charge < -0.3 is 14.6 Å². The van der Waals surface area contributed by atoms with E-state index >= 15 is 0 Å². The van der Waals surface area contributed by atoms with Gasteiger partial charge in [-0.3, -0.25) is 0 Å². The molecular formula is C10H20N4OS. The van der Waals surface area contributed by atoms with Gasteiger partial charge in [0.05, 0.1) is 0 Å². The van der Waals surface area contributed by atoms with Gasteiger partial charge in [0.15, 0.2) is 5.16 Å². The first-order chi connectivity index (χ1) is 7.75. The molecule has 1 aromatic heterocycles. The van der Waals surface area contributed by atoms with Crippen LogP contribution in [0.4, 0.5) is 0 Å². The average molecular weight is 244 g/mol. The summed E-state index contributed by atoms with van der Waals surface area (Å²) in [6.45, 7) is 4.77. The van der Waals surface area contributed by atoms with E-state index < -0.39 is 0 Å². The van der Waals surface area contributed by atoms with Gasteiger partial charge in [0.1, 0.15) is 5.82 Å². The second kappa shape index (κ2) is 7.65. The number of ether oxygens (including phenoxy) is 1. The van der Waals surface area contributed by atoms with E-state index in [4.69, 9.17) is 4.74 Å². The molecule has 0 aliphatic rings. The minimum absolute atomic E-state index is 0.822. The highest BCUT2D eigenvalue weighted by Crippen LogP contribution is 2.13. The zero-order chi connectivity index (χ0) is 11.8. The van der Waals surface area contributed by atoms with Crippen LogP contribution < -0.4 is 5.32 Å². The first kappa shape index (κ1) is 13.5. The highest BCUT2D eigenvalue weighted by atomic mass is 32.2. The van der Waals surface area contributed by atoms with Crippen molar-refractivity contribution in [3.8, 4) is 0 Å². The molecule has 0 spiro atoms. The third-order valence-corrected chi connectivity index (χ3v) is 3.29. The van der Waals surface area contributed by atoms with Gasteiger partial charge >= 0.3 is 0 Å². The van der Waals surface area contributed by atoms with Crippen molar-refractivity contribution in [2.45, 2.75) is 18.5 Å². The Morgan fingerprint density at radius 3 is 2.81 bits per heavy atom. The van der Waals surface area contributed by atoms with Crippen molar-refractivity contribution < 1.29 is 4.74 Å². The second-order valence-electron chi connectivity index (χ2n) is 3.53. The van der Waals surface area contributed by atoms with E-state index in [1.165, 1.54) is 0 Å². The lowest BCUT2D eigenvalue weighted by atomic mass is 10.4. The number of thioether (sulfide) groups is 1. The molecule has 0 aliphatic heterocycles. The highest BCUT2D eigenvalue weighted by molar-refractivity contribution is 7.99. The number of hydrogen-bond acceptors (Lipinski definition) is 5. The molecule has 0 bridgehead atoms. The fourth-order valence-electron chi connectivity index (χ4n) is 1.19. The van der Waals surface area contributed by atoms with Crippen molar-refractivity contribution in [1.82, 2.24) is 20.1 Å². The van der Waals surface area contributed by atoms with Crippen LogP contribution in [0.2, 0.25) is 0 Å². The van der Waals surface area contributed by atoms with E-state index in [-0.39, 0.29) is 0 Å². The van der Waals surface area contributed by atoms with Crippen LogP contribution in [0.3, 0.4) is 0 Å². The molecule has 0 saturated carbocycles. The van der Waals surface area contributed by atoms with Gasteiger partial charge in [-0.05, 0) is 19.9 Å². The largest absolute Gasteiger partial charge is 0.385 e. The van der Waals surface area contributed by atoms with Gasteiger partial charge in [-0.2, -0.15) is 0 Å². The van der Waals surface area contributed by atoms with Crippen LogP contribution in [-0.2, 0) is 11.8 Å². The Hall–Kier alpha value is -0.590. The van der Waals surface area contributed by atoms with E-state index in [0.29, 0.717) is 0 Å². The molecule has 1 N–H and O–H groups in total. The Bertz CT molecular complexity index is 303. The van der Waals surface area contributed by atoms with E-state index in [1.807, 2.05) is 18.5 Å². The number of rotatable bonds is 8. The predicted molar refractivity (Wildman–Crippen MR) is 65.8 cm³/mol. The Morgan fingerprint density at radius 2 is 2.19 bits per heavy atom. The summed E-state index contributed by atoms with van der Waals surface area (Å²) < 4.78 is 6.98. The molecule has 0 radical (unpaired) electrons. The smallest absolute Gasteiger partial charge is 0.190 e. The molecule has 0 aliphatic carbocycles. The van der Waals surface area contributed by atoms with Crippen LogP contribution in [0, 0.1) is 6.92 Å². The van der Waals surface area contributed by atoms with E-state index in [1.54, 1.807) is 18.9 Å². The molecule has 1 rings (SSSR count). The third kappa shape index (κ3) is 4.51. The summed E-state index contributed by atoms with van der Waals surface area (Å²) in [7, 11) is 3.72. The molecule has 0 fully saturated rings. The maximum atomic E-state index is 4.97. The first-order valence-electron chi connectivity index (χ1n) is 5.44. The molecule has 0 unspecified atom stereocenters. The van der Waals surface area contributed by atoms with Gasteiger partial charge in [-0.1, -0.05) is 11.8 Å². The van der Waals surface area contributed by atoms with Crippen LogP contribution in [0.5, 0.6) is 0 Å². The number of hydrogen-bond donors (Lipinski definition) is 1. The highest BCUT2D eigenvalue weighted by Gasteiger charge is 2.04. The SMILES string of the molecule is COCCCNCCSc1nnc(C)n1C. The monoisotopic (exact) mass is 244 g/mol. The minimum atomic E-state index is 0.822. The first-order valence-corrected chi connectivity index (χ1v) is 6.42. The normalized spacial score (nSPS) is 10.9.